The van der Waals surface area contributed by atoms with Gasteiger partial charge in [0.15, 0.2) is 0 Å². The number of nitrogens with one attached hydrogen (secondary N) is 2. The second-order valence-electron chi connectivity index (χ2n) is 11.1. The Balaban J connectivity index is 1.98. The SMILES string of the molecule is Cn1cc[n+](C)c1N=Nc1ccc(N(CCCNC(=O)OC(C)(C)C)CCCNC(=O)OC(C)(C)C)cc1. The predicted molar refractivity (Wildman–Crippen MR) is 147 cm³/mol. The molecule has 0 spiro atoms. The minimum atomic E-state index is -0.534. The fourth-order valence-corrected chi connectivity index (χ4v) is 3.47. The molecule has 0 atom stereocenters. The van der Waals surface area contributed by atoms with Crippen molar-refractivity contribution in [1.29, 1.82) is 0 Å². The highest BCUT2D eigenvalue weighted by atomic mass is 16.6. The summed E-state index contributed by atoms with van der Waals surface area (Å²) in [7, 11) is 3.84. The molecule has 0 radical (unpaired) electrons. The Bertz CT molecular complexity index is 1010. The lowest BCUT2D eigenvalue weighted by molar-refractivity contribution is -0.657. The largest absolute Gasteiger partial charge is 0.444 e. The minimum Gasteiger partial charge on any atom is -0.444 e. The van der Waals surface area contributed by atoms with E-state index in [2.05, 4.69) is 25.8 Å². The van der Waals surface area contributed by atoms with Crippen molar-refractivity contribution >= 4 is 29.5 Å². The van der Waals surface area contributed by atoms with Crippen LogP contribution in [0.3, 0.4) is 0 Å². The van der Waals surface area contributed by atoms with Gasteiger partial charge < -0.3 is 25.0 Å². The number of imidazole rings is 1. The van der Waals surface area contributed by atoms with Crippen LogP contribution in [0.1, 0.15) is 54.4 Å². The van der Waals surface area contributed by atoms with Gasteiger partial charge in [0.1, 0.15) is 16.9 Å². The smallest absolute Gasteiger partial charge is 0.421 e. The summed E-state index contributed by atoms with van der Waals surface area (Å²) in [4.78, 5) is 26.1. The summed E-state index contributed by atoms with van der Waals surface area (Å²) in [5.41, 5.74) is 0.693. The number of rotatable bonds is 11. The van der Waals surface area contributed by atoms with Crippen LogP contribution in [0, 0.1) is 0 Å². The van der Waals surface area contributed by atoms with Crippen molar-refractivity contribution < 1.29 is 23.6 Å². The summed E-state index contributed by atoms with van der Waals surface area (Å²) in [6.07, 6.45) is 4.45. The van der Waals surface area contributed by atoms with Crippen molar-refractivity contribution in [2.24, 2.45) is 24.3 Å². The molecule has 11 nitrogen and oxygen atoms in total. The molecule has 1 heterocycles. The molecule has 11 heteroatoms. The topological polar surface area (TPSA) is 113 Å². The number of benzene rings is 1. The lowest BCUT2D eigenvalue weighted by atomic mass is 10.2. The van der Waals surface area contributed by atoms with Crippen LogP contribution in [0.2, 0.25) is 0 Å². The van der Waals surface area contributed by atoms with Gasteiger partial charge in [0.2, 0.25) is 0 Å². The number of alkyl carbamates (subject to hydrolysis) is 2. The summed E-state index contributed by atoms with van der Waals surface area (Å²) in [5.74, 6) is 0.741. The van der Waals surface area contributed by atoms with E-state index in [1.165, 1.54) is 0 Å². The second kappa shape index (κ2) is 13.8. The monoisotopic (exact) mass is 530 g/mol. The van der Waals surface area contributed by atoms with Gasteiger partial charge in [-0.15, -0.1) is 0 Å². The van der Waals surface area contributed by atoms with E-state index in [1.807, 2.05) is 101 Å². The number of hydrogen-bond acceptors (Lipinski definition) is 7. The Morgan fingerprint density at radius 1 is 0.895 bits per heavy atom. The van der Waals surface area contributed by atoms with Crippen LogP contribution in [-0.2, 0) is 23.6 Å². The molecule has 2 N–H and O–H groups in total. The Labute approximate surface area is 226 Å². The first-order valence-electron chi connectivity index (χ1n) is 12.9. The van der Waals surface area contributed by atoms with Gasteiger partial charge in [-0.1, -0.05) is 5.11 Å². The molecule has 1 aromatic carbocycles. The number of azo groups is 1. The number of hydrogen-bond donors (Lipinski definition) is 2. The average molecular weight is 531 g/mol. The van der Waals surface area contributed by atoms with E-state index in [0.717, 1.165) is 30.2 Å². The van der Waals surface area contributed by atoms with Gasteiger partial charge in [-0.25, -0.2) is 18.7 Å². The maximum atomic E-state index is 12.0. The highest BCUT2D eigenvalue weighted by Crippen LogP contribution is 2.22. The lowest BCUT2D eigenvalue weighted by Gasteiger charge is -2.26. The van der Waals surface area contributed by atoms with Gasteiger partial charge in [-0.2, -0.15) is 0 Å². The molecule has 2 amide bonds. The van der Waals surface area contributed by atoms with E-state index in [1.54, 1.807) is 0 Å². The van der Waals surface area contributed by atoms with Crippen LogP contribution in [0.25, 0.3) is 0 Å². The number of carbonyl (C=O) groups excluding carboxylic acids is 2. The van der Waals surface area contributed by atoms with Gasteiger partial charge in [0.05, 0.1) is 26.5 Å². The normalized spacial score (nSPS) is 11.9. The first kappa shape index (κ1) is 30.6. The number of aromatic nitrogens is 2. The highest BCUT2D eigenvalue weighted by Gasteiger charge is 2.17. The molecule has 2 aromatic rings. The van der Waals surface area contributed by atoms with E-state index < -0.39 is 23.4 Å². The fraction of sp³-hybridized carbons (Fsp3) is 0.593. The molecule has 38 heavy (non-hydrogen) atoms. The van der Waals surface area contributed by atoms with Crippen LogP contribution in [0.15, 0.2) is 46.9 Å². The van der Waals surface area contributed by atoms with Crippen molar-refractivity contribution in [3.63, 3.8) is 0 Å². The van der Waals surface area contributed by atoms with Crippen molar-refractivity contribution in [3.8, 4) is 0 Å². The Morgan fingerprint density at radius 3 is 1.82 bits per heavy atom. The Kier molecular flexibility index (Phi) is 11.1. The molecule has 0 saturated carbocycles. The molecule has 0 fully saturated rings. The first-order chi connectivity index (χ1) is 17.7. The highest BCUT2D eigenvalue weighted by molar-refractivity contribution is 5.68. The number of carbonyl (C=O) groups is 2. The number of amides is 2. The minimum absolute atomic E-state index is 0.424. The third-order valence-corrected chi connectivity index (χ3v) is 5.16. The molecular weight excluding hydrogens is 486 g/mol. The van der Waals surface area contributed by atoms with E-state index in [-0.39, 0.29) is 0 Å². The molecule has 0 aliphatic carbocycles. The fourth-order valence-electron chi connectivity index (χ4n) is 3.47. The van der Waals surface area contributed by atoms with Crippen molar-refractivity contribution in [3.05, 3.63) is 36.7 Å². The summed E-state index contributed by atoms with van der Waals surface area (Å²) in [5, 5.41) is 14.3. The molecule has 1 aromatic heterocycles. The molecular formula is C27H44N7O4+. The van der Waals surface area contributed by atoms with Gasteiger partial charge >= 0.3 is 18.1 Å². The van der Waals surface area contributed by atoms with Crippen molar-refractivity contribution in [2.75, 3.05) is 31.1 Å². The molecule has 0 aliphatic heterocycles. The van der Waals surface area contributed by atoms with E-state index in [9.17, 15) is 9.59 Å². The quantitative estimate of drug-likeness (QED) is 0.244. The molecule has 0 bridgehead atoms. The molecule has 0 unspecified atom stereocenters. The summed E-state index contributed by atoms with van der Waals surface area (Å²) < 4.78 is 14.4. The number of anilines is 1. The van der Waals surface area contributed by atoms with Gasteiger partial charge in [-0.05, 0) is 78.6 Å². The summed E-state index contributed by atoms with van der Waals surface area (Å²) in [6.45, 7) is 13.4. The molecule has 0 aliphatic rings. The maximum Gasteiger partial charge on any atom is 0.421 e. The Morgan fingerprint density at radius 2 is 1.39 bits per heavy atom. The average Bonchev–Trinajstić information content (AvgIpc) is 3.11. The van der Waals surface area contributed by atoms with E-state index in [4.69, 9.17) is 9.47 Å². The van der Waals surface area contributed by atoms with E-state index in [0.29, 0.717) is 26.2 Å². The van der Waals surface area contributed by atoms with Crippen LogP contribution in [-0.4, -0.2) is 54.1 Å². The zero-order valence-electron chi connectivity index (χ0n) is 24.1. The molecule has 0 saturated heterocycles. The lowest BCUT2D eigenvalue weighted by Crippen LogP contribution is -2.36. The third kappa shape index (κ3) is 11.6. The number of aryl methyl sites for hydroxylation is 2. The van der Waals surface area contributed by atoms with Gasteiger partial charge in [0, 0.05) is 37.0 Å². The van der Waals surface area contributed by atoms with Gasteiger partial charge in [-0.3, -0.25) is 0 Å². The number of ether oxygens (including phenoxy) is 2. The summed E-state index contributed by atoms with van der Waals surface area (Å²) >= 11 is 0. The molecule has 210 valence electrons. The van der Waals surface area contributed by atoms with Crippen molar-refractivity contribution in [2.45, 2.75) is 65.6 Å². The standard InChI is InChI=1S/C27H43N7O4/c1-26(2,3)37-24(35)28-15-9-17-34(18-10-16-29-25(36)38-27(4,5)6)22-13-11-21(12-14-22)30-31-23-32(7)19-20-33(23)8/h11-14,19-20H,9-10,15-18H2,1-8H3,(H-,28,29,35,36)/p+1. The number of nitrogens with zero attached hydrogens (tertiary/aromatic N) is 5. The first-order valence-corrected chi connectivity index (χ1v) is 12.9. The van der Waals surface area contributed by atoms with Crippen LogP contribution < -0.4 is 20.1 Å². The zero-order chi connectivity index (χ0) is 28.3. The third-order valence-electron chi connectivity index (χ3n) is 5.16. The van der Waals surface area contributed by atoms with Crippen LogP contribution in [0.5, 0.6) is 0 Å². The zero-order valence-corrected chi connectivity index (χ0v) is 24.1. The molecule has 2 rings (SSSR count). The Hall–Kier alpha value is -3.63. The van der Waals surface area contributed by atoms with Crippen molar-refractivity contribution in [1.82, 2.24) is 15.2 Å². The maximum absolute atomic E-state index is 12.0. The van der Waals surface area contributed by atoms with Crippen LogP contribution in [0.4, 0.5) is 26.9 Å². The van der Waals surface area contributed by atoms with Gasteiger partial charge in [0.25, 0.3) is 0 Å². The predicted octanol–water partition coefficient (Wildman–Crippen LogP) is 4.90. The van der Waals surface area contributed by atoms with Crippen LogP contribution >= 0.6 is 0 Å². The summed E-state index contributed by atoms with van der Waals surface area (Å²) in [6, 6.07) is 7.85. The van der Waals surface area contributed by atoms with E-state index >= 15 is 0 Å². The second-order valence-corrected chi connectivity index (χ2v) is 11.1.